The van der Waals surface area contributed by atoms with E-state index in [0.717, 1.165) is 0 Å². The Morgan fingerprint density at radius 3 is 2.36 bits per heavy atom. The summed E-state index contributed by atoms with van der Waals surface area (Å²) in [6.45, 7) is 4.11. The lowest BCUT2D eigenvalue weighted by Crippen LogP contribution is -2.57. The van der Waals surface area contributed by atoms with Gasteiger partial charge in [0.25, 0.3) is 5.91 Å². The van der Waals surface area contributed by atoms with Crippen molar-refractivity contribution in [2.75, 3.05) is 45.9 Å². The molecule has 0 aliphatic carbocycles. The Balaban J connectivity index is 1.54. The van der Waals surface area contributed by atoms with Gasteiger partial charge in [0.2, 0.25) is 5.91 Å². The van der Waals surface area contributed by atoms with Crippen LogP contribution in [0.2, 0.25) is 0 Å². The molecule has 118 valence electrons. The molecule has 2 heterocycles. The molecular weight excluding hydrogens is 282 g/mol. The van der Waals surface area contributed by atoms with Crippen LogP contribution in [-0.4, -0.2) is 73.6 Å². The quantitative estimate of drug-likeness (QED) is 0.833. The second-order valence-corrected chi connectivity index (χ2v) is 5.57. The van der Waals surface area contributed by atoms with Crippen LogP contribution in [-0.2, 0) is 9.53 Å². The van der Waals surface area contributed by atoms with Gasteiger partial charge >= 0.3 is 0 Å². The number of ether oxygens (including phenoxy) is 1. The molecule has 0 spiro atoms. The zero-order valence-electron chi connectivity index (χ0n) is 12.5. The number of morpholine rings is 1. The highest BCUT2D eigenvalue weighted by Gasteiger charge is 2.30. The lowest BCUT2D eigenvalue weighted by atomic mass is 10.1. The van der Waals surface area contributed by atoms with Gasteiger partial charge in [-0.05, 0) is 12.1 Å². The van der Waals surface area contributed by atoms with Gasteiger partial charge < -0.3 is 19.9 Å². The second kappa shape index (κ2) is 6.89. The lowest BCUT2D eigenvalue weighted by molar-refractivity contribution is -0.137. The average molecular weight is 303 g/mol. The highest BCUT2D eigenvalue weighted by Crippen LogP contribution is 2.10. The Morgan fingerprint density at radius 1 is 1.05 bits per heavy atom. The summed E-state index contributed by atoms with van der Waals surface area (Å²) in [5.74, 6) is 0.110. The number of benzene rings is 1. The van der Waals surface area contributed by atoms with Crippen LogP contribution >= 0.6 is 0 Å². The van der Waals surface area contributed by atoms with Crippen LogP contribution in [0.25, 0.3) is 0 Å². The molecule has 6 nitrogen and oxygen atoms in total. The summed E-state index contributed by atoms with van der Waals surface area (Å²) in [4.78, 5) is 28.4. The molecule has 22 heavy (non-hydrogen) atoms. The fourth-order valence-electron chi connectivity index (χ4n) is 2.84. The summed E-state index contributed by atoms with van der Waals surface area (Å²) in [6.07, 6.45) is 0. The maximum absolute atomic E-state index is 12.4. The van der Waals surface area contributed by atoms with Gasteiger partial charge in [-0.3, -0.25) is 9.59 Å². The minimum absolute atomic E-state index is 0.0341. The molecule has 2 saturated heterocycles. The zero-order chi connectivity index (χ0) is 15.4. The third-order valence-corrected chi connectivity index (χ3v) is 4.12. The number of nitrogens with one attached hydrogen (secondary N) is 1. The first-order chi connectivity index (χ1) is 10.8. The third kappa shape index (κ3) is 3.28. The SMILES string of the molecule is O=C(c1ccccc1)N1CCN(C(=O)C2COCCN2)CC1. The van der Waals surface area contributed by atoms with Gasteiger partial charge in [0.1, 0.15) is 6.04 Å². The van der Waals surface area contributed by atoms with E-state index in [0.29, 0.717) is 51.5 Å². The molecular formula is C16H21N3O3. The number of rotatable bonds is 2. The van der Waals surface area contributed by atoms with Crippen molar-refractivity contribution in [2.45, 2.75) is 6.04 Å². The minimum atomic E-state index is -0.245. The van der Waals surface area contributed by atoms with Crippen LogP contribution in [0.4, 0.5) is 0 Å². The molecule has 0 aromatic heterocycles. The number of nitrogens with zero attached hydrogens (tertiary/aromatic N) is 2. The van der Waals surface area contributed by atoms with Crippen LogP contribution in [0.3, 0.4) is 0 Å². The van der Waals surface area contributed by atoms with Crippen LogP contribution in [0.15, 0.2) is 30.3 Å². The van der Waals surface area contributed by atoms with Crippen molar-refractivity contribution < 1.29 is 14.3 Å². The van der Waals surface area contributed by atoms with Crippen molar-refractivity contribution in [3.63, 3.8) is 0 Å². The molecule has 1 aromatic carbocycles. The first kappa shape index (κ1) is 15.0. The van der Waals surface area contributed by atoms with Crippen LogP contribution in [0.1, 0.15) is 10.4 Å². The second-order valence-electron chi connectivity index (χ2n) is 5.57. The van der Waals surface area contributed by atoms with E-state index in [1.54, 1.807) is 0 Å². The molecule has 0 bridgehead atoms. The summed E-state index contributed by atoms with van der Waals surface area (Å²) in [6, 6.07) is 9.02. The summed E-state index contributed by atoms with van der Waals surface area (Å²) in [5, 5.41) is 3.18. The lowest BCUT2D eigenvalue weighted by Gasteiger charge is -2.37. The van der Waals surface area contributed by atoms with Crippen molar-refractivity contribution in [3.05, 3.63) is 35.9 Å². The predicted octanol–water partition coefficient (Wildman–Crippen LogP) is -0.0406. The van der Waals surface area contributed by atoms with Crippen LogP contribution in [0.5, 0.6) is 0 Å². The Morgan fingerprint density at radius 2 is 1.73 bits per heavy atom. The van der Waals surface area contributed by atoms with E-state index in [9.17, 15) is 9.59 Å². The topological polar surface area (TPSA) is 61.9 Å². The van der Waals surface area contributed by atoms with E-state index in [2.05, 4.69) is 5.32 Å². The fraction of sp³-hybridized carbons (Fsp3) is 0.500. The van der Waals surface area contributed by atoms with Crippen molar-refractivity contribution in [1.29, 1.82) is 0 Å². The molecule has 0 saturated carbocycles. The molecule has 6 heteroatoms. The van der Waals surface area contributed by atoms with E-state index in [-0.39, 0.29) is 17.9 Å². The maximum Gasteiger partial charge on any atom is 0.253 e. The highest BCUT2D eigenvalue weighted by molar-refractivity contribution is 5.94. The Bertz CT molecular complexity index is 521. The van der Waals surface area contributed by atoms with E-state index < -0.39 is 0 Å². The molecule has 2 amide bonds. The largest absolute Gasteiger partial charge is 0.378 e. The Kier molecular flexibility index (Phi) is 4.70. The number of carbonyl (C=O) groups is 2. The molecule has 2 fully saturated rings. The normalized spacial score (nSPS) is 22.5. The summed E-state index contributed by atoms with van der Waals surface area (Å²) >= 11 is 0. The van der Waals surface area contributed by atoms with Crippen molar-refractivity contribution in [2.24, 2.45) is 0 Å². The number of carbonyl (C=O) groups excluding carboxylic acids is 2. The molecule has 1 unspecified atom stereocenters. The zero-order valence-corrected chi connectivity index (χ0v) is 12.5. The van der Waals surface area contributed by atoms with Gasteiger partial charge in [0.05, 0.1) is 13.2 Å². The van der Waals surface area contributed by atoms with E-state index in [4.69, 9.17) is 4.74 Å². The van der Waals surface area contributed by atoms with Gasteiger partial charge in [-0.15, -0.1) is 0 Å². The smallest absolute Gasteiger partial charge is 0.253 e. The number of amides is 2. The predicted molar refractivity (Wildman–Crippen MR) is 81.5 cm³/mol. The van der Waals surface area contributed by atoms with Crippen molar-refractivity contribution >= 4 is 11.8 Å². The first-order valence-corrected chi connectivity index (χ1v) is 7.70. The van der Waals surface area contributed by atoms with Gasteiger partial charge in [0.15, 0.2) is 0 Å². The monoisotopic (exact) mass is 303 g/mol. The van der Waals surface area contributed by atoms with Crippen LogP contribution in [0, 0.1) is 0 Å². The third-order valence-electron chi connectivity index (χ3n) is 4.12. The number of piperazine rings is 1. The first-order valence-electron chi connectivity index (χ1n) is 7.70. The number of hydrogen-bond acceptors (Lipinski definition) is 4. The van der Waals surface area contributed by atoms with E-state index in [1.807, 2.05) is 40.1 Å². The fourth-order valence-corrected chi connectivity index (χ4v) is 2.84. The highest BCUT2D eigenvalue weighted by atomic mass is 16.5. The molecule has 0 radical (unpaired) electrons. The standard InChI is InChI=1S/C16H21N3O3/c20-15(13-4-2-1-3-5-13)18-7-9-19(10-8-18)16(21)14-12-22-11-6-17-14/h1-5,14,17H,6-12H2. The molecule has 1 aromatic rings. The van der Waals surface area contributed by atoms with Crippen molar-refractivity contribution in [1.82, 2.24) is 15.1 Å². The number of hydrogen-bond donors (Lipinski definition) is 1. The molecule has 2 aliphatic heterocycles. The molecule has 1 N–H and O–H groups in total. The summed E-state index contributed by atoms with van der Waals surface area (Å²) in [7, 11) is 0. The average Bonchev–Trinajstić information content (AvgIpc) is 2.62. The van der Waals surface area contributed by atoms with E-state index >= 15 is 0 Å². The molecule has 2 aliphatic rings. The van der Waals surface area contributed by atoms with Gasteiger partial charge in [-0.2, -0.15) is 0 Å². The summed E-state index contributed by atoms with van der Waals surface area (Å²) < 4.78 is 5.34. The molecule has 1 atom stereocenters. The van der Waals surface area contributed by atoms with Gasteiger partial charge in [-0.1, -0.05) is 18.2 Å². The summed E-state index contributed by atoms with van der Waals surface area (Å²) in [5.41, 5.74) is 0.699. The van der Waals surface area contributed by atoms with Gasteiger partial charge in [-0.25, -0.2) is 0 Å². The Labute approximate surface area is 130 Å². The maximum atomic E-state index is 12.4. The van der Waals surface area contributed by atoms with Crippen LogP contribution < -0.4 is 5.32 Å². The molecule has 3 rings (SSSR count). The van der Waals surface area contributed by atoms with Crippen molar-refractivity contribution in [3.8, 4) is 0 Å². The van der Waals surface area contributed by atoms with E-state index in [1.165, 1.54) is 0 Å². The Hall–Kier alpha value is -1.92. The minimum Gasteiger partial charge on any atom is -0.378 e. The van der Waals surface area contributed by atoms with Gasteiger partial charge in [0, 0.05) is 38.3 Å².